The van der Waals surface area contributed by atoms with E-state index in [0.29, 0.717) is 6.54 Å². The zero-order valence-corrected chi connectivity index (χ0v) is 14.1. The van der Waals surface area contributed by atoms with Gasteiger partial charge in [0, 0.05) is 24.3 Å². The maximum atomic E-state index is 12.4. The van der Waals surface area contributed by atoms with Crippen molar-refractivity contribution in [3.63, 3.8) is 0 Å². The van der Waals surface area contributed by atoms with Crippen molar-refractivity contribution in [1.82, 2.24) is 14.9 Å². The fourth-order valence-corrected chi connectivity index (χ4v) is 3.69. The molecule has 4 nitrogen and oxygen atoms in total. The van der Waals surface area contributed by atoms with Crippen LogP contribution in [0.25, 0.3) is 0 Å². The van der Waals surface area contributed by atoms with Crippen molar-refractivity contribution in [1.29, 1.82) is 0 Å². The van der Waals surface area contributed by atoms with Gasteiger partial charge in [-0.2, -0.15) is 0 Å². The molecule has 1 amide bonds. The van der Waals surface area contributed by atoms with E-state index in [-0.39, 0.29) is 11.2 Å². The molecule has 0 radical (unpaired) electrons. The van der Waals surface area contributed by atoms with Gasteiger partial charge < -0.3 is 4.90 Å². The van der Waals surface area contributed by atoms with Gasteiger partial charge >= 0.3 is 0 Å². The summed E-state index contributed by atoms with van der Waals surface area (Å²) in [4.78, 5) is 23.8. The minimum atomic E-state index is -0.150. The molecular formula is C15H19N3OS2. The van der Waals surface area contributed by atoms with E-state index in [4.69, 9.17) is 0 Å². The molecule has 2 aromatic heterocycles. The number of amides is 1. The normalized spacial score (nSPS) is 12.1. The first-order chi connectivity index (χ1) is 10.1. The Morgan fingerprint density at radius 2 is 2.24 bits per heavy atom. The number of carbonyl (C=O) groups is 1. The number of aryl methyl sites for hydroxylation is 1. The third-order valence-electron chi connectivity index (χ3n) is 2.96. The summed E-state index contributed by atoms with van der Waals surface area (Å²) in [6, 6.07) is 5.72. The molecule has 0 spiro atoms. The van der Waals surface area contributed by atoms with Crippen LogP contribution in [0.4, 0.5) is 0 Å². The number of thiazole rings is 1. The highest BCUT2D eigenvalue weighted by Crippen LogP contribution is 2.23. The number of thioether (sulfide) groups is 1. The second kappa shape index (κ2) is 7.56. The van der Waals surface area contributed by atoms with Crippen molar-refractivity contribution in [2.45, 2.75) is 37.1 Å². The summed E-state index contributed by atoms with van der Waals surface area (Å²) >= 11 is 3.16. The number of hydrogen-bond donors (Lipinski definition) is 0. The molecule has 2 rings (SSSR count). The Morgan fingerprint density at radius 3 is 2.86 bits per heavy atom. The molecule has 0 unspecified atom stereocenters. The van der Waals surface area contributed by atoms with Gasteiger partial charge in [-0.1, -0.05) is 24.8 Å². The van der Waals surface area contributed by atoms with Crippen LogP contribution in [0.15, 0.2) is 35.6 Å². The first-order valence-corrected chi connectivity index (χ1v) is 8.56. The number of hydrogen-bond acceptors (Lipinski definition) is 5. The SMILES string of the molecule is CCc1ncc(CN(C)C(=O)[C@H](C)Sc2ccccn2)s1. The summed E-state index contributed by atoms with van der Waals surface area (Å²) in [7, 11) is 1.84. The first-order valence-electron chi connectivity index (χ1n) is 6.86. The maximum Gasteiger partial charge on any atom is 0.235 e. The van der Waals surface area contributed by atoms with E-state index in [9.17, 15) is 4.79 Å². The van der Waals surface area contributed by atoms with Crippen molar-refractivity contribution in [2.24, 2.45) is 0 Å². The second-order valence-electron chi connectivity index (χ2n) is 4.70. The van der Waals surface area contributed by atoms with Crippen LogP contribution in [-0.2, 0) is 17.8 Å². The van der Waals surface area contributed by atoms with Gasteiger partial charge in [0.2, 0.25) is 5.91 Å². The van der Waals surface area contributed by atoms with E-state index in [2.05, 4.69) is 16.9 Å². The van der Waals surface area contributed by atoms with Gasteiger partial charge in [0.05, 0.1) is 21.8 Å². The summed E-state index contributed by atoms with van der Waals surface area (Å²) in [5.74, 6) is 0.108. The summed E-state index contributed by atoms with van der Waals surface area (Å²) in [6.07, 6.45) is 4.55. The molecule has 0 N–H and O–H groups in total. The molecule has 0 saturated heterocycles. The lowest BCUT2D eigenvalue weighted by Gasteiger charge is -2.20. The van der Waals surface area contributed by atoms with Crippen molar-refractivity contribution in [3.05, 3.63) is 40.5 Å². The Hall–Kier alpha value is -1.40. The maximum absolute atomic E-state index is 12.4. The van der Waals surface area contributed by atoms with Gasteiger partial charge in [-0.05, 0) is 25.5 Å². The fraction of sp³-hybridized carbons (Fsp3) is 0.400. The van der Waals surface area contributed by atoms with Gasteiger partial charge in [0.25, 0.3) is 0 Å². The van der Waals surface area contributed by atoms with Crippen molar-refractivity contribution in [2.75, 3.05) is 7.05 Å². The smallest absolute Gasteiger partial charge is 0.235 e. The summed E-state index contributed by atoms with van der Waals surface area (Å²) in [5.41, 5.74) is 0. The highest BCUT2D eigenvalue weighted by molar-refractivity contribution is 8.00. The molecule has 0 bridgehead atoms. The van der Waals surface area contributed by atoms with Crippen molar-refractivity contribution >= 4 is 29.0 Å². The predicted molar refractivity (Wildman–Crippen MR) is 87.5 cm³/mol. The van der Waals surface area contributed by atoms with E-state index in [1.54, 1.807) is 22.4 Å². The third-order valence-corrected chi connectivity index (χ3v) is 5.12. The lowest BCUT2D eigenvalue weighted by atomic mass is 10.4. The minimum absolute atomic E-state index is 0.108. The molecule has 0 saturated carbocycles. The number of aromatic nitrogens is 2. The minimum Gasteiger partial charge on any atom is -0.340 e. The Balaban J connectivity index is 1.92. The van der Waals surface area contributed by atoms with Crippen LogP contribution in [0, 0.1) is 0 Å². The first kappa shape index (κ1) is 16.0. The lowest BCUT2D eigenvalue weighted by molar-refractivity contribution is -0.129. The standard InChI is InChI=1S/C15H19N3OS2/c1-4-13-17-9-12(21-13)10-18(3)15(19)11(2)20-14-7-5-6-8-16-14/h5-9,11H,4,10H2,1-3H3/t11-/m0/s1. The lowest BCUT2D eigenvalue weighted by Crippen LogP contribution is -2.32. The Labute approximate surface area is 133 Å². The number of nitrogens with zero attached hydrogens (tertiary/aromatic N) is 3. The van der Waals surface area contributed by atoms with E-state index < -0.39 is 0 Å². The number of carbonyl (C=O) groups excluding carboxylic acids is 1. The summed E-state index contributed by atoms with van der Waals surface area (Å²) in [5, 5.41) is 1.84. The molecule has 0 aliphatic carbocycles. The van der Waals surface area contributed by atoms with E-state index in [1.165, 1.54) is 11.8 Å². The molecular weight excluding hydrogens is 302 g/mol. The van der Waals surface area contributed by atoms with Crippen LogP contribution in [0.1, 0.15) is 23.7 Å². The number of rotatable bonds is 6. The molecule has 2 heterocycles. The van der Waals surface area contributed by atoms with Crippen LogP contribution in [-0.4, -0.2) is 33.1 Å². The van der Waals surface area contributed by atoms with Gasteiger partial charge in [0.15, 0.2) is 0 Å². The molecule has 0 aliphatic rings. The highest BCUT2D eigenvalue weighted by atomic mass is 32.2. The Kier molecular flexibility index (Phi) is 5.76. The van der Waals surface area contributed by atoms with E-state index in [1.807, 2.05) is 38.4 Å². The largest absolute Gasteiger partial charge is 0.340 e. The monoisotopic (exact) mass is 321 g/mol. The zero-order valence-electron chi connectivity index (χ0n) is 12.4. The van der Waals surface area contributed by atoms with Gasteiger partial charge in [0.1, 0.15) is 0 Å². The average Bonchev–Trinajstić information content (AvgIpc) is 2.95. The Bertz CT molecular complexity index is 586. The van der Waals surface area contributed by atoms with Gasteiger partial charge in [-0.15, -0.1) is 11.3 Å². The Morgan fingerprint density at radius 1 is 1.43 bits per heavy atom. The van der Waals surface area contributed by atoms with Gasteiger partial charge in [-0.25, -0.2) is 9.97 Å². The molecule has 0 fully saturated rings. The molecule has 0 aliphatic heterocycles. The fourth-order valence-electron chi connectivity index (χ4n) is 1.85. The second-order valence-corrected chi connectivity index (χ2v) is 7.26. The van der Waals surface area contributed by atoms with Crippen LogP contribution < -0.4 is 0 Å². The van der Waals surface area contributed by atoms with E-state index >= 15 is 0 Å². The number of pyridine rings is 1. The zero-order chi connectivity index (χ0) is 15.2. The van der Waals surface area contributed by atoms with Crippen molar-refractivity contribution in [3.8, 4) is 0 Å². The van der Waals surface area contributed by atoms with Crippen LogP contribution in [0.3, 0.4) is 0 Å². The van der Waals surface area contributed by atoms with Crippen molar-refractivity contribution < 1.29 is 4.79 Å². The summed E-state index contributed by atoms with van der Waals surface area (Å²) in [6.45, 7) is 4.62. The third kappa shape index (κ3) is 4.54. The quantitative estimate of drug-likeness (QED) is 0.766. The van der Waals surface area contributed by atoms with Crippen LogP contribution >= 0.6 is 23.1 Å². The average molecular weight is 321 g/mol. The topological polar surface area (TPSA) is 46.1 Å². The molecule has 0 aromatic carbocycles. The molecule has 112 valence electrons. The highest BCUT2D eigenvalue weighted by Gasteiger charge is 2.19. The van der Waals surface area contributed by atoms with E-state index in [0.717, 1.165) is 21.3 Å². The molecule has 21 heavy (non-hydrogen) atoms. The van der Waals surface area contributed by atoms with Crippen LogP contribution in [0.2, 0.25) is 0 Å². The van der Waals surface area contributed by atoms with Crippen LogP contribution in [0.5, 0.6) is 0 Å². The van der Waals surface area contributed by atoms with Gasteiger partial charge in [-0.3, -0.25) is 4.79 Å². The molecule has 2 aromatic rings. The predicted octanol–water partition coefficient (Wildman–Crippen LogP) is 3.24. The molecule has 1 atom stereocenters. The summed E-state index contributed by atoms with van der Waals surface area (Å²) < 4.78 is 0. The molecule has 6 heteroatoms.